The zero-order valence-electron chi connectivity index (χ0n) is 13.8. The predicted octanol–water partition coefficient (Wildman–Crippen LogP) is 3.36. The van der Waals surface area contributed by atoms with Crippen LogP contribution in [0.2, 0.25) is 0 Å². The molecule has 118 valence electrons. The van der Waals surface area contributed by atoms with Crippen LogP contribution in [0.4, 0.5) is 0 Å². The monoisotopic (exact) mass is 310 g/mol. The number of hydroxylamine groups is 1. The summed E-state index contributed by atoms with van der Waals surface area (Å²) in [7, 11) is 0. The Balaban J connectivity index is 2.04. The standard InChI is InChI=1S/C18H20N3O2/c1-17(2)18(3,4)21(23)16(20(17)22)15-7-5-13(6-8-15)14-9-11-19-12-10-14/h5-12H,1-4H3/q+1. The summed E-state index contributed by atoms with van der Waals surface area (Å²) in [6.07, 6.45) is 3.47. The molecule has 0 spiro atoms. The van der Waals surface area contributed by atoms with Crippen molar-refractivity contribution in [1.29, 1.82) is 0 Å². The van der Waals surface area contributed by atoms with Gasteiger partial charge in [-0.05, 0) is 35.4 Å². The lowest BCUT2D eigenvalue weighted by molar-refractivity contribution is -0.555. The number of pyridine rings is 1. The largest absolute Gasteiger partial charge is 0.618 e. The second-order valence-corrected chi connectivity index (χ2v) is 6.84. The second kappa shape index (κ2) is 4.98. The van der Waals surface area contributed by atoms with Crippen molar-refractivity contribution >= 4 is 5.84 Å². The number of aromatic nitrogens is 1. The van der Waals surface area contributed by atoms with Crippen LogP contribution < -0.4 is 0 Å². The molecule has 0 saturated heterocycles. The molecule has 1 aliphatic rings. The van der Waals surface area contributed by atoms with Crippen LogP contribution in [-0.2, 0) is 0 Å². The van der Waals surface area contributed by atoms with Gasteiger partial charge in [-0.2, -0.15) is 0 Å². The first-order valence-electron chi connectivity index (χ1n) is 7.59. The molecule has 23 heavy (non-hydrogen) atoms. The van der Waals surface area contributed by atoms with Crippen LogP contribution in [0.15, 0.2) is 48.8 Å². The lowest BCUT2D eigenvalue weighted by Gasteiger charge is -2.22. The average Bonchev–Trinajstić information content (AvgIpc) is 2.66. The Bertz CT molecular complexity index is 791. The highest BCUT2D eigenvalue weighted by Crippen LogP contribution is 2.35. The molecule has 1 aliphatic heterocycles. The molecule has 2 heterocycles. The van der Waals surface area contributed by atoms with E-state index in [4.69, 9.17) is 0 Å². The van der Waals surface area contributed by atoms with E-state index in [1.807, 2.05) is 36.4 Å². The van der Waals surface area contributed by atoms with E-state index in [1.54, 1.807) is 40.1 Å². The van der Waals surface area contributed by atoms with Gasteiger partial charge in [-0.25, -0.2) is 0 Å². The molecule has 0 radical (unpaired) electrons. The van der Waals surface area contributed by atoms with Gasteiger partial charge in [0.1, 0.15) is 10.3 Å². The molecule has 5 nitrogen and oxygen atoms in total. The van der Waals surface area contributed by atoms with Crippen LogP contribution in [0.25, 0.3) is 11.1 Å². The van der Waals surface area contributed by atoms with Gasteiger partial charge in [0.2, 0.25) is 5.54 Å². The van der Waals surface area contributed by atoms with Crippen LogP contribution in [0, 0.1) is 10.1 Å². The molecular formula is C18H20N3O2+. The van der Waals surface area contributed by atoms with Gasteiger partial charge in [-0.1, -0.05) is 12.1 Å². The van der Waals surface area contributed by atoms with E-state index < -0.39 is 11.1 Å². The number of nitroso groups, excluding NO2 is 1. The molecule has 0 fully saturated rings. The van der Waals surface area contributed by atoms with E-state index in [-0.39, 0.29) is 5.84 Å². The zero-order valence-corrected chi connectivity index (χ0v) is 13.8. The van der Waals surface area contributed by atoms with E-state index in [0.29, 0.717) is 5.56 Å². The maximum Gasteiger partial charge on any atom is 0.504 e. The Morgan fingerprint density at radius 2 is 1.30 bits per heavy atom. The maximum atomic E-state index is 12.6. The van der Waals surface area contributed by atoms with Crippen LogP contribution in [0.1, 0.15) is 33.3 Å². The van der Waals surface area contributed by atoms with Crippen molar-refractivity contribution in [2.45, 2.75) is 38.8 Å². The van der Waals surface area contributed by atoms with E-state index in [0.717, 1.165) is 20.6 Å². The molecular weight excluding hydrogens is 290 g/mol. The highest BCUT2D eigenvalue weighted by Gasteiger charge is 2.68. The summed E-state index contributed by atoms with van der Waals surface area (Å²) in [5.74, 6) is 0.168. The first kappa shape index (κ1) is 15.3. The van der Waals surface area contributed by atoms with Crippen molar-refractivity contribution in [1.82, 2.24) is 4.98 Å². The molecule has 3 rings (SSSR count). The Morgan fingerprint density at radius 3 is 1.78 bits per heavy atom. The first-order chi connectivity index (χ1) is 10.8. The van der Waals surface area contributed by atoms with Crippen molar-refractivity contribution < 1.29 is 9.50 Å². The molecule has 5 heteroatoms. The van der Waals surface area contributed by atoms with Gasteiger partial charge in [0.25, 0.3) is 5.54 Å². The van der Waals surface area contributed by atoms with Gasteiger partial charge in [0.05, 0.1) is 0 Å². The molecule has 2 aromatic rings. The molecule has 0 saturated carbocycles. The molecule has 0 atom stereocenters. The zero-order chi connectivity index (χ0) is 16.8. The normalized spacial score (nSPS) is 19.2. The fraction of sp³-hybridized carbons (Fsp3) is 0.333. The summed E-state index contributed by atoms with van der Waals surface area (Å²) in [6, 6.07) is 11.3. The minimum atomic E-state index is -0.798. The Kier molecular flexibility index (Phi) is 3.32. The minimum Gasteiger partial charge on any atom is -0.618 e. The Hall–Kier alpha value is -2.56. The van der Waals surface area contributed by atoms with Crippen molar-refractivity contribution in [2.75, 3.05) is 0 Å². The maximum absolute atomic E-state index is 12.6. The smallest absolute Gasteiger partial charge is 0.504 e. The van der Waals surface area contributed by atoms with Crippen molar-refractivity contribution in [3.63, 3.8) is 0 Å². The molecule has 0 bridgehead atoms. The van der Waals surface area contributed by atoms with Crippen LogP contribution in [0.5, 0.6) is 0 Å². The van der Waals surface area contributed by atoms with E-state index >= 15 is 0 Å². The first-order valence-corrected chi connectivity index (χ1v) is 7.59. The van der Waals surface area contributed by atoms with Crippen LogP contribution in [-0.4, -0.2) is 31.4 Å². The van der Waals surface area contributed by atoms with Crippen molar-refractivity contribution in [2.24, 2.45) is 0 Å². The highest BCUT2D eigenvalue weighted by molar-refractivity contribution is 5.90. The van der Waals surface area contributed by atoms with Crippen molar-refractivity contribution in [3.8, 4) is 11.1 Å². The van der Waals surface area contributed by atoms with Crippen LogP contribution >= 0.6 is 0 Å². The van der Waals surface area contributed by atoms with Gasteiger partial charge in [-0.15, -0.1) is 4.74 Å². The third-order valence-electron chi connectivity index (χ3n) is 5.05. The number of amidine groups is 1. The second-order valence-electron chi connectivity index (χ2n) is 6.84. The summed E-state index contributed by atoms with van der Waals surface area (Å²) >= 11 is 0. The number of hydrogen-bond donors (Lipinski definition) is 0. The Morgan fingerprint density at radius 1 is 0.826 bits per heavy atom. The average molecular weight is 310 g/mol. The number of benzene rings is 1. The van der Waals surface area contributed by atoms with E-state index in [9.17, 15) is 10.1 Å². The Labute approximate surface area is 135 Å². The molecule has 0 unspecified atom stereocenters. The summed E-state index contributed by atoms with van der Waals surface area (Å²) in [6.45, 7) is 7.18. The lowest BCUT2D eigenvalue weighted by Crippen LogP contribution is -2.50. The predicted molar refractivity (Wildman–Crippen MR) is 89.2 cm³/mol. The summed E-state index contributed by atoms with van der Waals surface area (Å²) in [5, 5.41) is 12.6. The SMILES string of the molecule is CC1(C)[N+](=O)C(c2ccc(-c3ccncc3)cc2)=[N+]([O-])C1(C)C. The third kappa shape index (κ3) is 2.15. The molecule has 0 aliphatic carbocycles. The third-order valence-corrected chi connectivity index (χ3v) is 5.05. The molecule has 1 aromatic carbocycles. The number of nitrogens with zero attached hydrogens (tertiary/aromatic N) is 3. The summed E-state index contributed by atoms with van der Waals surface area (Å²) in [5.41, 5.74) is 1.10. The number of hydrogen-bond acceptors (Lipinski definition) is 3. The fourth-order valence-electron chi connectivity index (χ4n) is 2.70. The summed E-state index contributed by atoms with van der Waals surface area (Å²) in [4.78, 5) is 16.6. The van der Waals surface area contributed by atoms with Gasteiger partial charge in [0, 0.05) is 45.0 Å². The minimum absolute atomic E-state index is 0.168. The summed E-state index contributed by atoms with van der Waals surface area (Å²) < 4.78 is 1.67. The fourth-order valence-corrected chi connectivity index (χ4v) is 2.70. The van der Waals surface area contributed by atoms with Gasteiger partial charge >= 0.3 is 5.84 Å². The quantitative estimate of drug-likeness (QED) is 0.631. The highest BCUT2D eigenvalue weighted by atomic mass is 16.5. The molecule has 0 N–H and O–H groups in total. The van der Waals surface area contributed by atoms with E-state index in [1.165, 1.54) is 0 Å². The molecule has 1 aromatic heterocycles. The van der Waals surface area contributed by atoms with Crippen LogP contribution in [0.3, 0.4) is 0 Å². The topological polar surface area (TPSA) is 59.0 Å². The van der Waals surface area contributed by atoms with E-state index in [2.05, 4.69) is 4.98 Å². The molecule has 0 amide bonds. The van der Waals surface area contributed by atoms with Crippen molar-refractivity contribution in [3.05, 3.63) is 64.5 Å². The lowest BCUT2D eigenvalue weighted by atomic mass is 9.84. The van der Waals surface area contributed by atoms with Gasteiger partial charge in [-0.3, -0.25) is 4.98 Å². The van der Waals surface area contributed by atoms with Gasteiger partial charge in [0.15, 0.2) is 0 Å². The number of rotatable bonds is 2. The van der Waals surface area contributed by atoms with Gasteiger partial charge < -0.3 is 5.21 Å².